The van der Waals surface area contributed by atoms with Gasteiger partial charge in [0.05, 0.1) is 6.54 Å². The van der Waals surface area contributed by atoms with Crippen molar-refractivity contribution < 1.29 is 9.47 Å². The molecule has 2 heterocycles. The van der Waals surface area contributed by atoms with E-state index in [1.807, 2.05) is 35.9 Å². The molecule has 0 saturated carbocycles. The van der Waals surface area contributed by atoms with E-state index >= 15 is 0 Å². The van der Waals surface area contributed by atoms with E-state index in [0.29, 0.717) is 31.0 Å². The summed E-state index contributed by atoms with van der Waals surface area (Å²) in [5.41, 5.74) is 4.15. The number of ether oxygens (including phenoxy) is 2. The predicted molar refractivity (Wildman–Crippen MR) is 133 cm³/mol. The molecule has 0 atom stereocenters. The smallest absolute Gasteiger partial charge is 0.231 e. The molecule has 9 heteroatoms. The second-order valence-electron chi connectivity index (χ2n) is 8.17. The van der Waals surface area contributed by atoms with Gasteiger partial charge in [-0.25, -0.2) is 9.67 Å². The average Bonchev–Trinajstić information content (AvgIpc) is 3.57. The Bertz CT molecular complexity index is 1240. The monoisotopic (exact) mass is 473 g/mol. The molecule has 4 aromatic rings. The Hall–Kier alpha value is -3.69. The van der Waals surface area contributed by atoms with Crippen molar-refractivity contribution in [3.05, 3.63) is 77.9 Å². The number of allylic oxidation sites excluding steroid dienone is 2. The molecule has 0 aliphatic carbocycles. The second-order valence-corrected chi connectivity index (χ2v) is 8.17. The molecule has 0 spiro atoms. The van der Waals surface area contributed by atoms with Crippen molar-refractivity contribution in [2.45, 2.75) is 45.4 Å². The van der Waals surface area contributed by atoms with Crippen molar-refractivity contribution in [1.29, 1.82) is 0 Å². The molecule has 0 fully saturated rings. The minimum Gasteiger partial charge on any atom is -0.347 e. The van der Waals surface area contributed by atoms with Crippen LogP contribution >= 0.6 is 0 Å². The van der Waals surface area contributed by atoms with E-state index in [0.717, 1.165) is 34.5 Å². The van der Waals surface area contributed by atoms with Crippen LogP contribution in [-0.4, -0.2) is 49.6 Å². The van der Waals surface area contributed by atoms with Crippen molar-refractivity contribution in [2.75, 3.05) is 14.2 Å². The van der Waals surface area contributed by atoms with Gasteiger partial charge in [-0.3, -0.25) is 0 Å². The molecule has 4 rings (SSSR count). The van der Waals surface area contributed by atoms with Gasteiger partial charge in [0.15, 0.2) is 0 Å². The fourth-order valence-electron chi connectivity index (χ4n) is 4.12. The van der Waals surface area contributed by atoms with Gasteiger partial charge < -0.3 is 9.47 Å². The lowest BCUT2D eigenvalue weighted by atomic mass is 9.98. The summed E-state index contributed by atoms with van der Waals surface area (Å²) in [5.74, 6) is 1.03. The first-order valence-electron chi connectivity index (χ1n) is 11.7. The maximum absolute atomic E-state index is 5.75. The van der Waals surface area contributed by atoms with Gasteiger partial charge in [0, 0.05) is 32.6 Å². The van der Waals surface area contributed by atoms with Crippen LogP contribution in [0.5, 0.6) is 0 Å². The molecule has 0 aliphatic heterocycles. The summed E-state index contributed by atoms with van der Waals surface area (Å²) in [7, 11) is 3.27. The number of hydrogen-bond acceptors (Lipinski definition) is 7. The highest BCUT2D eigenvalue weighted by atomic mass is 16.7. The number of aromatic nitrogens is 7. The molecule has 0 radical (unpaired) electrons. The Morgan fingerprint density at radius 1 is 1.03 bits per heavy atom. The van der Waals surface area contributed by atoms with E-state index in [9.17, 15) is 0 Å². The topological polar surface area (TPSA) is 104 Å². The fraction of sp³-hybridized carbons (Fsp3) is 0.346. The molecule has 0 unspecified atom stereocenters. The Morgan fingerprint density at radius 3 is 2.40 bits per heavy atom. The molecule has 2 aromatic carbocycles. The molecule has 0 saturated heterocycles. The first-order valence-corrected chi connectivity index (χ1v) is 11.7. The lowest BCUT2D eigenvalue weighted by Gasteiger charge is -2.27. The van der Waals surface area contributed by atoms with E-state index < -0.39 is 5.79 Å². The minimum atomic E-state index is -0.951. The average molecular weight is 474 g/mol. The van der Waals surface area contributed by atoms with Crippen LogP contribution < -0.4 is 0 Å². The fourth-order valence-corrected chi connectivity index (χ4v) is 4.12. The Morgan fingerprint density at radius 2 is 1.77 bits per heavy atom. The van der Waals surface area contributed by atoms with Crippen LogP contribution in [0.25, 0.3) is 22.5 Å². The molecule has 182 valence electrons. The van der Waals surface area contributed by atoms with Gasteiger partial charge in [0.25, 0.3) is 0 Å². The van der Waals surface area contributed by atoms with Crippen molar-refractivity contribution in [2.24, 2.45) is 0 Å². The van der Waals surface area contributed by atoms with E-state index in [1.165, 1.54) is 0 Å². The van der Waals surface area contributed by atoms with E-state index in [2.05, 4.69) is 64.0 Å². The maximum atomic E-state index is 5.75. The van der Waals surface area contributed by atoms with Crippen LogP contribution in [0.2, 0.25) is 0 Å². The van der Waals surface area contributed by atoms with Gasteiger partial charge in [-0.1, -0.05) is 74.0 Å². The van der Waals surface area contributed by atoms with Gasteiger partial charge in [-0.2, -0.15) is 5.21 Å². The molecule has 0 bridgehead atoms. The number of tetrazole rings is 1. The zero-order valence-electron chi connectivity index (χ0n) is 20.6. The highest BCUT2D eigenvalue weighted by Gasteiger charge is 2.36. The number of benzene rings is 2. The molecule has 35 heavy (non-hydrogen) atoms. The third-order valence-electron chi connectivity index (χ3n) is 5.97. The van der Waals surface area contributed by atoms with Gasteiger partial charge in [0.1, 0.15) is 5.82 Å². The van der Waals surface area contributed by atoms with Crippen LogP contribution in [0.1, 0.15) is 43.9 Å². The van der Waals surface area contributed by atoms with Gasteiger partial charge >= 0.3 is 0 Å². The van der Waals surface area contributed by atoms with Crippen LogP contribution in [0.15, 0.2) is 60.7 Å². The highest BCUT2D eigenvalue weighted by Crippen LogP contribution is 2.31. The Kier molecular flexibility index (Phi) is 7.79. The Labute approximate surface area is 205 Å². The minimum absolute atomic E-state index is 0.550. The van der Waals surface area contributed by atoms with E-state index in [1.54, 1.807) is 14.2 Å². The van der Waals surface area contributed by atoms with Crippen LogP contribution in [0.4, 0.5) is 0 Å². The SMILES string of the molecule is C/C=C/Cc1nc(C(CCC)(OC)OC)nn1Cc1ccc(-c2ccccc2-c2nn[nH]n2)cc1. The standard InChI is InChI=1S/C26H31N7O2/c1-5-7-12-23-27-25(26(34-3,35-4)17-6-2)30-33(23)18-19-13-15-20(16-14-19)21-10-8-9-11-22(21)24-28-31-32-29-24/h5,7-11,13-16H,6,12,17-18H2,1-4H3,(H,28,29,31,32)/b7-5+. The van der Waals surface area contributed by atoms with E-state index in [4.69, 9.17) is 19.6 Å². The summed E-state index contributed by atoms with van der Waals surface area (Å²) in [6, 6.07) is 16.4. The molecular formula is C26H31N7O2. The lowest BCUT2D eigenvalue weighted by Crippen LogP contribution is -2.32. The predicted octanol–water partition coefficient (Wildman–Crippen LogP) is 4.54. The zero-order valence-corrected chi connectivity index (χ0v) is 20.6. The number of H-pyrrole nitrogens is 1. The number of aromatic amines is 1. The number of nitrogens with one attached hydrogen (secondary N) is 1. The third-order valence-corrected chi connectivity index (χ3v) is 5.97. The largest absolute Gasteiger partial charge is 0.347 e. The van der Waals surface area contributed by atoms with Gasteiger partial charge in [-0.05, 0) is 28.8 Å². The van der Waals surface area contributed by atoms with Crippen molar-refractivity contribution in [1.82, 2.24) is 35.4 Å². The van der Waals surface area contributed by atoms with Crippen molar-refractivity contribution >= 4 is 0 Å². The number of hydrogen-bond donors (Lipinski definition) is 1. The molecular weight excluding hydrogens is 442 g/mol. The zero-order chi connectivity index (χ0) is 24.7. The summed E-state index contributed by atoms with van der Waals surface area (Å²) in [5, 5.41) is 19.3. The first kappa shape index (κ1) is 24.4. The van der Waals surface area contributed by atoms with Gasteiger partial charge in [-0.15, -0.1) is 15.3 Å². The molecule has 0 aliphatic rings. The number of nitrogens with zero attached hydrogens (tertiary/aromatic N) is 6. The Balaban J connectivity index is 1.63. The molecule has 1 N–H and O–H groups in total. The second kappa shape index (κ2) is 11.2. The van der Waals surface area contributed by atoms with Crippen LogP contribution in [-0.2, 0) is 28.2 Å². The first-order chi connectivity index (χ1) is 17.1. The third kappa shape index (κ3) is 5.21. The molecule has 0 amide bonds. The molecule has 2 aromatic heterocycles. The summed E-state index contributed by atoms with van der Waals surface area (Å²) >= 11 is 0. The highest BCUT2D eigenvalue weighted by molar-refractivity contribution is 5.80. The van der Waals surface area contributed by atoms with Crippen LogP contribution in [0.3, 0.4) is 0 Å². The number of rotatable bonds is 11. The normalized spacial score (nSPS) is 12.0. The van der Waals surface area contributed by atoms with E-state index in [-0.39, 0.29) is 0 Å². The quantitative estimate of drug-likeness (QED) is 0.252. The van der Waals surface area contributed by atoms with Gasteiger partial charge in [0.2, 0.25) is 17.4 Å². The summed E-state index contributed by atoms with van der Waals surface area (Å²) in [6.07, 6.45) is 6.31. The van der Waals surface area contributed by atoms with Crippen molar-refractivity contribution in [3.63, 3.8) is 0 Å². The van der Waals surface area contributed by atoms with Crippen molar-refractivity contribution in [3.8, 4) is 22.5 Å². The maximum Gasteiger partial charge on any atom is 0.231 e. The molecule has 9 nitrogen and oxygen atoms in total. The van der Waals surface area contributed by atoms with Crippen LogP contribution in [0, 0.1) is 0 Å². The summed E-state index contributed by atoms with van der Waals surface area (Å²) < 4.78 is 13.4. The number of methoxy groups -OCH3 is 2. The summed E-state index contributed by atoms with van der Waals surface area (Å²) in [6.45, 7) is 4.67. The summed E-state index contributed by atoms with van der Waals surface area (Å²) in [4.78, 5) is 4.81. The lowest BCUT2D eigenvalue weighted by molar-refractivity contribution is -0.225.